The Balaban J connectivity index is 2.44. The van der Waals surface area contributed by atoms with Crippen molar-refractivity contribution in [2.45, 2.75) is 26.8 Å². The quantitative estimate of drug-likeness (QED) is 0.891. The molecule has 1 aliphatic heterocycles. The van der Waals surface area contributed by atoms with Crippen LogP contribution in [0.2, 0.25) is 0 Å². The van der Waals surface area contributed by atoms with Crippen molar-refractivity contribution in [3.05, 3.63) is 47.2 Å². The molecule has 1 aromatic carbocycles. The molecule has 0 unspecified atom stereocenters. The number of amides is 3. The van der Waals surface area contributed by atoms with Crippen LogP contribution in [0.5, 0.6) is 0 Å². The van der Waals surface area contributed by atoms with Crippen molar-refractivity contribution in [2.75, 3.05) is 13.1 Å². The number of nitrogens with zero attached hydrogens (tertiary/aromatic N) is 1. The van der Waals surface area contributed by atoms with E-state index in [0.717, 1.165) is 5.56 Å². The van der Waals surface area contributed by atoms with Gasteiger partial charge < -0.3 is 15.5 Å². The molecule has 21 heavy (non-hydrogen) atoms. The molecule has 0 fully saturated rings. The van der Waals surface area contributed by atoms with Gasteiger partial charge in [-0.15, -0.1) is 0 Å². The monoisotopic (exact) mass is 287 g/mol. The van der Waals surface area contributed by atoms with Crippen molar-refractivity contribution in [1.82, 2.24) is 15.5 Å². The van der Waals surface area contributed by atoms with E-state index in [1.807, 2.05) is 44.2 Å². The van der Waals surface area contributed by atoms with Crippen LogP contribution in [0, 0.1) is 0 Å². The van der Waals surface area contributed by atoms with Gasteiger partial charge in [-0.2, -0.15) is 0 Å². The first-order chi connectivity index (χ1) is 10.1. The normalized spacial score (nSPS) is 18.0. The molecule has 0 aliphatic carbocycles. The topological polar surface area (TPSA) is 61.4 Å². The van der Waals surface area contributed by atoms with Crippen molar-refractivity contribution in [3.63, 3.8) is 0 Å². The molecule has 5 nitrogen and oxygen atoms in total. The van der Waals surface area contributed by atoms with Crippen LogP contribution >= 0.6 is 0 Å². The smallest absolute Gasteiger partial charge is 0.319 e. The number of nitrogens with one attached hydrogen (secondary N) is 2. The average molecular weight is 287 g/mol. The van der Waals surface area contributed by atoms with Crippen molar-refractivity contribution < 1.29 is 9.59 Å². The lowest BCUT2D eigenvalue weighted by molar-refractivity contribution is -0.127. The van der Waals surface area contributed by atoms with Gasteiger partial charge in [0.15, 0.2) is 0 Å². The molecule has 0 radical (unpaired) electrons. The first kappa shape index (κ1) is 15.1. The third-order valence-electron chi connectivity index (χ3n) is 3.68. The summed E-state index contributed by atoms with van der Waals surface area (Å²) in [5.41, 5.74) is 2.12. The molecule has 0 bridgehead atoms. The fraction of sp³-hybridized carbons (Fsp3) is 0.375. The minimum absolute atomic E-state index is 0.0427. The first-order valence-electron chi connectivity index (χ1n) is 7.21. The van der Waals surface area contributed by atoms with Gasteiger partial charge in [0.25, 0.3) is 5.91 Å². The molecule has 0 aromatic heterocycles. The predicted octanol–water partition coefficient (Wildman–Crippen LogP) is 2.18. The van der Waals surface area contributed by atoms with E-state index in [1.54, 1.807) is 11.8 Å². The summed E-state index contributed by atoms with van der Waals surface area (Å²) in [6, 6.07) is 8.86. The average Bonchev–Trinajstić information content (AvgIpc) is 2.48. The van der Waals surface area contributed by atoms with Gasteiger partial charge in [0.2, 0.25) is 0 Å². The molecule has 112 valence electrons. The maximum absolute atomic E-state index is 12.7. The highest BCUT2D eigenvalue weighted by atomic mass is 16.2. The van der Waals surface area contributed by atoms with Crippen LogP contribution in [0.4, 0.5) is 4.79 Å². The Bertz CT molecular complexity index is 562. The Hall–Kier alpha value is -2.30. The van der Waals surface area contributed by atoms with E-state index in [4.69, 9.17) is 0 Å². The van der Waals surface area contributed by atoms with E-state index in [0.29, 0.717) is 24.4 Å². The minimum Gasteiger partial charge on any atom is -0.339 e. The number of hydrogen-bond donors (Lipinski definition) is 2. The summed E-state index contributed by atoms with van der Waals surface area (Å²) in [6.45, 7) is 6.95. The summed E-state index contributed by atoms with van der Waals surface area (Å²) in [6.07, 6.45) is 0. The number of carbonyl (C=O) groups is 2. The molecule has 1 atom stereocenters. The number of rotatable bonds is 4. The molecular weight excluding hydrogens is 266 g/mol. The van der Waals surface area contributed by atoms with E-state index in [9.17, 15) is 9.59 Å². The largest absolute Gasteiger partial charge is 0.339 e. The zero-order valence-corrected chi connectivity index (χ0v) is 12.6. The third kappa shape index (κ3) is 3.07. The van der Waals surface area contributed by atoms with Gasteiger partial charge in [0, 0.05) is 18.8 Å². The molecule has 0 saturated carbocycles. The second-order valence-corrected chi connectivity index (χ2v) is 4.96. The first-order valence-corrected chi connectivity index (χ1v) is 7.21. The van der Waals surface area contributed by atoms with Gasteiger partial charge in [0.05, 0.1) is 11.6 Å². The SMILES string of the molecule is CCN(CC)C(=O)C1=C(C)NC(=O)N[C@@H]1c1ccccc1. The third-order valence-corrected chi connectivity index (χ3v) is 3.68. The highest BCUT2D eigenvalue weighted by Crippen LogP contribution is 2.27. The second-order valence-electron chi connectivity index (χ2n) is 4.96. The molecule has 2 rings (SSSR count). The molecule has 1 aliphatic rings. The maximum Gasteiger partial charge on any atom is 0.319 e. The van der Waals surface area contributed by atoms with E-state index in [2.05, 4.69) is 10.6 Å². The van der Waals surface area contributed by atoms with Crippen molar-refractivity contribution in [2.24, 2.45) is 0 Å². The lowest BCUT2D eigenvalue weighted by atomic mass is 9.94. The highest BCUT2D eigenvalue weighted by Gasteiger charge is 2.32. The zero-order chi connectivity index (χ0) is 15.4. The minimum atomic E-state index is -0.409. The molecule has 3 amide bonds. The van der Waals surface area contributed by atoms with E-state index < -0.39 is 6.04 Å². The fourth-order valence-electron chi connectivity index (χ4n) is 2.55. The summed E-state index contributed by atoms with van der Waals surface area (Å²) >= 11 is 0. The van der Waals surface area contributed by atoms with Crippen LogP contribution in [0.15, 0.2) is 41.6 Å². The lowest BCUT2D eigenvalue weighted by Gasteiger charge is -2.31. The van der Waals surface area contributed by atoms with Gasteiger partial charge in [-0.25, -0.2) is 4.79 Å². The van der Waals surface area contributed by atoms with E-state index >= 15 is 0 Å². The molecule has 0 spiro atoms. The number of carbonyl (C=O) groups excluding carboxylic acids is 2. The summed E-state index contributed by atoms with van der Waals surface area (Å²) in [7, 11) is 0. The van der Waals surface area contributed by atoms with Crippen LogP contribution < -0.4 is 10.6 Å². The van der Waals surface area contributed by atoms with Crippen LogP contribution in [0.1, 0.15) is 32.4 Å². The van der Waals surface area contributed by atoms with Gasteiger partial charge in [-0.1, -0.05) is 30.3 Å². The maximum atomic E-state index is 12.7. The van der Waals surface area contributed by atoms with Crippen molar-refractivity contribution >= 4 is 11.9 Å². The van der Waals surface area contributed by atoms with Crippen LogP contribution in [0.3, 0.4) is 0 Å². The van der Waals surface area contributed by atoms with Gasteiger partial charge >= 0.3 is 6.03 Å². The van der Waals surface area contributed by atoms with Gasteiger partial charge in [0.1, 0.15) is 0 Å². The zero-order valence-electron chi connectivity index (χ0n) is 12.6. The van der Waals surface area contributed by atoms with Gasteiger partial charge in [-0.3, -0.25) is 4.79 Å². The molecule has 5 heteroatoms. The van der Waals surface area contributed by atoms with Gasteiger partial charge in [-0.05, 0) is 26.3 Å². The Kier molecular flexibility index (Phi) is 4.62. The summed E-state index contributed by atoms with van der Waals surface area (Å²) < 4.78 is 0. The summed E-state index contributed by atoms with van der Waals surface area (Å²) in [4.78, 5) is 26.2. The molecule has 1 heterocycles. The number of hydrogen-bond acceptors (Lipinski definition) is 2. The molecular formula is C16H21N3O2. The second kappa shape index (κ2) is 6.43. The Morgan fingerprint density at radius 3 is 2.38 bits per heavy atom. The van der Waals surface area contributed by atoms with Crippen molar-refractivity contribution in [3.8, 4) is 0 Å². The highest BCUT2D eigenvalue weighted by molar-refractivity contribution is 5.98. The van der Waals surface area contributed by atoms with Crippen molar-refractivity contribution in [1.29, 1.82) is 0 Å². The Labute approximate surface area is 125 Å². The molecule has 0 saturated heterocycles. The fourth-order valence-corrected chi connectivity index (χ4v) is 2.55. The van der Waals surface area contributed by atoms with E-state index in [-0.39, 0.29) is 11.9 Å². The Morgan fingerprint density at radius 1 is 1.19 bits per heavy atom. The van der Waals surface area contributed by atoms with E-state index in [1.165, 1.54) is 0 Å². The van der Waals surface area contributed by atoms with Crippen LogP contribution in [0.25, 0.3) is 0 Å². The molecule has 1 aromatic rings. The number of benzene rings is 1. The lowest BCUT2D eigenvalue weighted by Crippen LogP contribution is -2.47. The summed E-state index contributed by atoms with van der Waals surface area (Å²) in [5.74, 6) is -0.0427. The number of likely N-dealkylation sites (N-methyl/N-ethyl adjacent to an activating group) is 1. The summed E-state index contributed by atoms with van der Waals surface area (Å²) in [5, 5.41) is 5.54. The number of allylic oxidation sites excluding steroid dienone is 1. The van der Waals surface area contributed by atoms with Crippen LogP contribution in [-0.2, 0) is 4.79 Å². The van der Waals surface area contributed by atoms with Crippen LogP contribution in [-0.4, -0.2) is 29.9 Å². The molecule has 2 N–H and O–H groups in total. The number of urea groups is 1. The Morgan fingerprint density at radius 2 is 1.81 bits per heavy atom. The predicted molar refractivity (Wildman–Crippen MR) is 81.5 cm³/mol. The standard InChI is InChI=1S/C16H21N3O2/c1-4-19(5-2)15(20)13-11(3)17-16(21)18-14(13)12-9-7-6-8-10-12/h6-10,14H,4-5H2,1-3H3,(H2,17,18,21)/t14-/m1/s1.